The Balaban J connectivity index is 1.99. The largest absolute Gasteiger partial charge is 0.485 e. The van der Waals surface area contributed by atoms with E-state index in [1.165, 1.54) is 24.3 Å². The highest BCUT2D eigenvalue weighted by atomic mass is 79.9. The average molecular weight is 336 g/mol. The Kier molecular flexibility index (Phi) is 4.47. The Morgan fingerprint density at radius 1 is 1.20 bits per heavy atom. The molecule has 0 saturated heterocycles. The third kappa shape index (κ3) is 3.64. The van der Waals surface area contributed by atoms with Crippen molar-refractivity contribution >= 4 is 27.4 Å². The SMILES string of the molecule is O=C(COc1cccc(Br)c1)c1ccc([N+](=O)[O-])cc1. The number of nitro benzene ring substituents is 1. The number of nitrogens with zero attached hydrogens (tertiary/aromatic N) is 1. The van der Waals surface area contributed by atoms with Crippen LogP contribution in [0.2, 0.25) is 0 Å². The minimum absolute atomic E-state index is 0.0468. The molecular formula is C14H10BrNO4. The smallest absolute Gasteiger partial charge is 0.269 e. The maximum atomic E-state index is 11.9. The van der Waals surface area contributed by atoms with Gasteiger partial charge in [0.2, 0.25) is 0 Å². The number of Topliss-reactive ketones (excluding diaryl/α,β-unsaturated/α-hetero) is 1. The maximum Gasteiger partial charge on any atom is 0.269 e. The van der Waals surface area contributed by atoms with Gasteiger partial charge in [0.05, 0.1) is 4.92 Å². The quantitative estimate of drug-likeness (QED) is 0.475. The Morgan fingerprint density at radius 3 is 2.50 bits per heavy atom. The molecule has 20 heavy (non-hydrogen) atoms. The molecule has 0 spiro atoms. The molecule has 2 rings (SSSR count). The fourth-order valence-corrected chi connectivity index (χ4v) is 1.94. The molecule has 0 aliphatic heterocycles. The van der Waals surface area contributed by atoms with Crippen LogP contribution in [-0.2, 0) is 0 Å². The van der Waals surface area contributed by atoms with E-state index in [2.05, 4.69) is 15.9 Å². The van der Waals surface area contributed by atoms with Crippen LogP contribution >= 0.6 is 15.9 Å². The summed E-state index contributed by atoms with van der Waals surface area (Å²) >= 11 is 3.31. The van der Waals surface area contributed by atoms with Crippen LogP contribution in [0.5, 0.6) is 5.75 Å². The second-order valence-electron chi connectivity index (χ2n) is 3.97. The van der Waals surface area contributed by atoms with E-state index in [1.807, 2.05) is 6.07 Å². The standard InChI is InChI=1S/C14H10BrNO4/c15-11-2-1-3-13(8-11)20-9-14(17)10-4-6-12(7-5-10)16(18)19/h1-8H,9H2. The monoisotopic (exact) mass is 335 g/mol. The molecule has 0 amide bonds. The van der Waals surface area contributed by atoms with Gasteiger partial charge in [0.15, 0.2) is 12.4 Å². The van der Waals surface area contributed by atoms with Crippen molar-refractivity contribution in [2.45, 2.75) is 0 Å². The van der Waals surface area contributed by atoms with Crippen LogP contribution in [0, 0.1) is 10.1 Å². The molecule has 0 N–H and O–H groups in total. The number of ketones is 1. The number of non-ortho nitro benzene ring substituents is 1. The minimum Gasteiger partial charge on any atom is -0.485 e. The number of hydrogen-bond donors (Lipinski definition) is 0. The molecule has 6 heteroatoms. The normalized spacial score (nSPS) is 10.1. The van der Waals surface area contributed by atoms with Gasteiger partial charge in [-0.1, -0.05) is 22.0 Å². The molecule has 0 heterocycles. The minimum atomic E-state index is -0.508. The second kappa shape index (κ2) is 6.29. The molecule has 0 radical (unpaired) electrons. The highest BCUT2D eigenvalue weighted by Crippen LogP contribution is 2.18. The van der Waals surface area contributed by atoms with Crippen LogP contribution in [0.15, 0.2) is 53.0 Å². The van der Waals surface area contributed by atoms with Gasteiger partial charge in [0.1, 0.15) is 5.75 Å². The first kappa shape index (κ1) is 14.2. The number of rotatable bonds is 5. The van der Waals surface area contributed by atoms with Crippen molar-refractivity contribution in [2.24, 2.45) is 0 Å². The molecule has 5 nitrogen and oxygen atoms in total. The van der Waals surface area contributed by atoms with Crippen molar-refractivity contribution in [3.8, 4) is 5.75 Å². The van der Waals surface area contributed by atoms with Crippen molar-refractivity contribution in [3.05, 3.63) is 68.7 Å². The first-order valence-electron chi connectivity index (χ1n) is 5.72. The molecule has 0 atom stereocenters. The number of benzene rings is 2. The lowest BCUT2D eigenvalue weighted by atomic mass is 10.1. The third-order valence-corrected chi connectivity index (χ3v) is 3.06. The summed E-state index contributed by atoms with van der Waals surface area (Å²) in [6.45, 7) is -0.117. The summed E-state index contributed by atoms with van der Waals surface area (Å²) in [5, 5.41) is 10.5. The zero-order valence-electron chi connectivity index (χ0n) is 10.3. The number of nitro groups is 1. The molecule has 0 fully saturated rings. The lowest BCUT2D eigenvalue weighted by Gasteiger charge is -2.05. The van der Waals surface area contributed by atoms with Crippen LogP contribution in [-0.4, -0.2) is 17.3 Å². The molecule has 0 saturated carbocycles. The number of carbonyl (C=O) groups excluding carboxylic acids is 1. The Hall–Kier alpha value is -2.21. The molecule has 0 aliphatic rings. The fourth-order valence-electron chi connectivity index (χ4n) is 1.56. The molecule has 0 unspecified atom stereocenters. The zero-order chi connectivity index (χ0) is 14.5. The Labute approximate surface area is 123 Å². The fraction of sp³-hybridized carbons (Fsp3) is 0.0714. The van der Waals surface area contributed by atoms with Crippen LogP contribution < -0.4 is 4.74 Å². The van der Waals surface area contributed by atoms with Gasteiger partial charge in [0.25, 0.3) is 5.69 Å². The second-order valence-corrected chi connectivity index (χ2v) is 4.89. The first-order valence-corrected chi connectivity index (χ1v) is 6.51. The highest BCUT2D eigenvalue weighted by molar-refractivity contribution is 9.10. The van der Waals surface area contributed by atoms with Crippen LogP contribution in [0.3, 0.4) is 0 Å². The molecule has 0 aromatic heterocycles. The number of ether oxygens (including phenoxy) is 1. The van der Waals surface area contributed by atoms with Gasteiger partial charge in [-0.05, 0) is 30.3 Å². The summed E-state index contributed by atoms with van der Waals surface area (Å²) in [5.74, 6) is 0.342. The van der Waals surface area contributed by atoms with Gasteiger partial charge in [-0.25, -0.2) is 0 Å². The van der Waals surface area contributed by atoms with Crippen LogP contribution in [0.4, 0.5) is 5.69 Å². The summed E-state index contributed by atoms with van der Waals surface area (Å²) < 4.78 is 6.23. The van der Waals surface area contributed by atoms with E-state index in [4.69, 9.17) is 4.74 Å². The van der Waals surface area contributed by atoms with Crippen molar-refractivity contribution in [1.82, 2.24) is 0 Å². The highest BCUT2D eigenvalue weighted by Gasteiger charge is 2.10. The summed E-state index contributed by atoms with van der Waals surface area (Å²) in [7, 11) is 0. The van der Waals surface area contributed by atoms with E-state index in [1.54, 1.807) is 18.2 Å². The van der Waals surface area contributed by atoms with E-state index in [0.29, 0.717) is 11.3 Å². The summed E-state index contributed by atoms with van der Waals surface area (Å²) in [6, 6.07) is 12.6. The molecule has 2 aromatic rings. The van der Waals surface area contributed by atoms with Crippen LogP contribution in [0.25, 0.3) is 0 Å². The van der Waals surface area contributed by atoms with Gasteiger partial charge in [-0.3, -0.25) is 14.9 Å². The molecule has 0 bridgehead atoms. The molecule has 102 valence electrons. The number of hydrogen-bond acceptors (Lipinski definition) is 4. The van der Waals surface area contributed by atoms with Crippen molar-refractivity contribution in [2.75, 3.05) is 6.61 Å². The van der Waals surface area contributed by atoms with Gasteiger partial charge in [0, 0.05) is 22.2 Å². The Morgan fingerprint density at radius 2 is 1.90 bits per heavy atom. The van der Waals surface area contributed by atoms with Gasteiger partial charge in [-0.2, -0.15) is 0 Å². The lowest BCUT2D eigenvalue weighted by Crippen LogP contribution is -2.11. The van der Waals surface area contributed by atoms with E-state index in [-0.39, 0.29) is 18.1 Å². The number of halogens is 1. The summed E-state index contributed by atoms with van der Waals surface area (Å²) in [5.41, 5.74) is 0.333. The lowest BCUT2D eigenvalue weighted by molar-refractivity contribution is -0.384. The maximum absolute atomic E-state index is 11.9. The van der Waals surface area contributed by atoms with E-state index in [9.17, 15) is 14.9 Å². The first-order chi connectivity index (χ1) is 9.56. The summed E-state index contributed by atoms with van der Waals surface area (Å²) in [4.78, 5) is 21.9. The molecular weight excluding hydrogens is 326 g/mol. The van der Waals surface area contributed by atoms with Gasteiger partial charge >= 0.3 is 0 Å². The molecule has 2 aromatic carbocycles. The predicted octanol–water partition coefficient (Wildman–Crippen LogP) is 3.62. The predicted molar refractivity (Wildman–Crippen MR) is 77.1 cm³/mol. The summed E-state index contributed by atoms with van der Waals surface area (Å²) in [6.07, 6.45) is 0. The van der Waals surface area contributed by atoms with Gasteiger partial charge < -0.3 is 4.74 Å². The van der Waals surface area contributed by atoms with Gasteiger partial charge in [-0.15, -0.1) is 0 Å². The van der Waals surface area contributed by atoms with Crippen molar-refractivity contribution in [3.63, 3.8) is 0 Å². The molecule has 0 aliphatic carbocycles. The third-order valence-electron chi connectivity index (χ3n) is 2.57. The van der Waals surface area contributed by atoms with E-state index in [0.717, 1.165) is 4.47 Å². The van der Waals surface area contributed by atoms with E-state index >= 15 is 0 Å². The topological polar surface area (TPSA) is 69.4 Å². The van der Waals surface area contributed by atoms with Crippen molar-refractivity contribution < 1.29 is 14.5 Å². The average Bonchev–Trinajstić information content (AvgIpc) is 2.45. The van der Waals surface area contributed by atoms with Crippen molar-refractivity contribution in [1.29, 1.82) is 0 Å². The number of carbonyl (C=O) groups is 1. The van der Waals surface area contributed by atoms with Crippen LogP contribution in [0.1, 0.15) is 10.4 Å². The zero-order valence-corrected chi connectivity index (χ0v) is 11.9. The van der Waals surface area contributed by atoms with E-state index < -0.39 is 4.92 Å². The Bertz CT molecular complexity index is 640.